The van der Waals surface area contributed by atoms with Crippen molar-refractivity contribution < 1.29 is 0 Å². The fourth-order valence-electron chi connectivity index (χ4n) is 3.20. The number of rotatable bonds is 3. The minimum absolute atomic E-state index is 0.412. The van der Waals surface area contributed by atoms with Gasteiger partial charge in [-0.2, -0.15) is 0 Å². The molecule has 2 heteroatoms. The Morgan fingerprint density at radius 3 is 2.44 bits per heavy atom. The predicted octanol–water partition coefficient (Wildman–Crippen LogP) is 4.88. The lowest BCUT2D eigenvalue weighted by atomic mass is 9.86. The minimum Gasteiger partial charge on any atom is -0.313 e. The van der Waals surface area contributed by atoms with Gasteiger partial charge in [-0.05, 0) is 43.9 Å². The minimum atomic E-state index is 0.412. The monoisotopic (exact) mass is 265 g/mol. The standard InChI is InChI=1S/C16H24ClN/c1-12-8-7-11-14(15(12)17)16(18-2)13-9-5-3-4-6-10-13/h7-8,11,13,16,18H,3-6,9-10H2,1-2H3. The summed E-state index contributed by atoms with van der Waals surface area (Å²) in [6.45, 7) is 2.09. The molecule has 1 aromatic carbocycles. The average molecular weight is 266 g/mol. The van der Waals surface area contributed by atoms with Gasteiger partial charge in [-0.1, -0.05) is 55.5 Å². The Morgan fingerprint density at radius 2 is 1.83 bits per heavy atom. The molecule has 0 saturated heterocycles. The van der Waals surface area contributed by atoms with Crippen LogP contribution < -0.4 is 5.32 Å². The Labute approximate surface area is 116 Å². The highest BCUT2D eigenvalue weighted by Gasteiger charge is 2.24. The molecule has 0 aliphatic heterocycles. The summed E-state index contributed by atoms with van der Waals surface area (Å²) < 4.78 is 0. The van der Waals surface area contributed by atoms with Crippen molar-refractivity contribution in [3.05, 3.63) is 34.3 Å². The highest BCUT2D eigenvalue weighted by Crippen LogP contribution is 2.36. The Balaban J connectivity index is 2.23. The van der Waals surface area contributed by atoms with Crippen LogP contribution in [0.25, 0.3) is 0 Å². The molecule has 1 aliphatic rings. The van der Waals surface area contributed by atoms with Crippen LogP contribution in [-0.4, -0.2) is 7.05 Å². The molecule has 18 heavy (non-hydrogen) atoms. The third-order valence-electron chi connectivity index (χ3n) is 4.24. The molecular weight excluding hydrogens is 242 g/mol. The first-order valence-electron chi connectivity index (χ1n) is 7.16. The zero-order valence-electron chi connectivity index (χ0n) is 11.5. The first kappa shape index (κ1) is 13.9. The molecule has 2 rings (SSSR count). The van der Waals surface area contributed by atoms with Crippen molar-refractivity contribution in [1.82, 2.24) is 5.32 Å². The SMILES string of the molecule is CNC(c1cccc(C)c1Cl)C1CCCCCC1. The molecule has 0 amide bonds. The van der Waals surface area contributed by atoms with Crippen LogP contribution >= 0.6 is 11.6 Å². The lowest BCUT2D eigenvalue weighted by Crippen LogP contribution is -2.25. The first-order chi connectivity index (χ1) is 8.74. The van der Waals surface area contributed by atoms with Gasteiger partial charge in [0, 0.05) is 11.1 Å². The second-order valence-corrected chi connectivity index (χ2v) is 5.87. The molecule has 0 aromatic heterocycles. The number of nitrogens with one attached hydrogen (secondary N) is 1. The summed E-state index contributed by atoms with van der Waals surface area (Å²) in [5.74, 6) is 0.733. The van der Waals surface area contributed by atoms with Crippen LogP contribution in [0, 0.1) is 12.8 Å². The van der Waals surface area contributed by atoms with E-state index >= 15 is 0 Å². The smallest absolute Gasteiger partial charge is 0.0483 e. The van der Waals surface area contributed by atoms with Gasteiger partial charge in [-0.3, -0.25) is 0 Å². The second-order valence-electron chi connectivity index (χ2n) is 5.50. The molecule has 100 valence electrons. The molecule has 1 unspecified atom stereocenters. The summed E-state index contributed by atoms with van der Waals surface area (Å²) in [5.41, 5.74) is 2.47. The van der Waals surface area contributed by atoms with Crippen molar-refractivity contribution >= 4 is 11.6 Å². The van der Waals surface area contributed by atoms with E-state index in [0.29, 0.717) is 6.04 Å². The zero-order chi connectivity index (χ0) is 13.0. The first-order valence-corrected chi connectivity index (χ1v) is 7.54. The van der Waals surface area contributed by atoms with Crippen molar-refractivity contribution in [2.45, 2.75) is 51.5 Å². The number of hydrogen-bond donors (Lipinski definition) is 1. The average Bonchev–Trinajstić information content (AvgIpc) is 2.64. The van der Waals surface area contributed by atoms with Crippen LogP contribution in [0.4, 0.5) is 0 Å². The second kappa shape index (κ2) is 6.58. The van der Waals surface area contributed by atoms with Crippen LogP contribution in [-0.2, 0) is 0 Å². The third kappa shape index (κ3) is 3.07. The van der Waals surface area contributed by atoms with Crippen LogP contribution in [0.15, 0.2) is 18.2 Å². The molecule has 1 atom stereocenters. The number of halogens is 1. The van der Waals surface area contributed by atoms with E-state index in [4.69, 9.17) is 11.6 Å². The van der Waals surface area contributed by atoms with Crippen molar-refractivity contribution in [3.63, 3.8) is 0 Å². The third-order valence-corrected chi connectivity index (χ3v) is 4.76. The zero-order valence-corrected chi connectivity index (χ0v) is 12.3. The van der Waals surface area contributed by atoms with Gasteiger partial charge in [0.2, 0.25) is 0 Å². The van der Waals surface area contributed by atoms with E-state index in [-0.39, 0.29) is 0 Å². The van der Waals surface area contributed by atoms with E-state index in [1.807, 2.05) is 0 Å². The summed E-state index contributed by atoms with van der Waals surface area (Å²) in [7, 11) is 2.06. The summed E-state index contributed by atoms with van der Waals surface area (Å²) in [6.07, 6.45) is 8.19. The van der Waals surface area contributed by atoms with Crippen LogP contribution in [0.1, 0.15) is 55.7 Å². The van der Waals surface area contributed by atoms with Gasteiger partial charge >= 0.3 is 0 Å². The number of aryl methyl sites for hydroxylation is 1. The number of hydrogen-bond acceptors (Lipinski definition) is 1. The van der Waals surface area contributed by atoms with Gasteiger partial charge in [0.15, 0.2) is 0 Å². The Hall–Kier alpha value is -0.530. The Kier molecular flexibility index (Phi) is 5.08. The Bertz CT molecular complexity index is 381. The molecule has 1 fully saturated rings. The van der Waals surface area contributed by atoms with Crippen LogP contribution in [0.2, 0.25) is 5.02 Å². The number of benzene rings is 1. The van der Waals surface area contributed by atoms with Gasteiger partial charge in [-0.25, -0.2) is 0 Å². The van der Waals surface area contributed by atoms with Gasteiger partial charge in [-0.15, -0.1) is 0 Å². The molecule has 1 nitrogen and oxygen atoms in total. The molecule has 0 radical (unpaired) electrons. The van der Waals surface area contributed by atoms with Crippen molar-refractivity contribution in [2.75, 3.05) is 7.05 Å². The maximum Gasteiger partial charge on any atom is 0.0483 e. The van der Waals surface area contributed by atoms with E-state index in [1.54, 1.807) is 0 Å². The summed E-state index contributed by atoms with van der Waals surface area (Å²) >= 11 is 6.49. The maximum absolute atomic E-state index is 6.49. The van der Waals surface area contributed by atoms with Gasteiger partial charge in [0.05, 0.1) is 0 Å². The molecular formula is C16H24ClN. The van der Waals surface area contributed by atoms with Gasteiger partial charge in [0.25, 0.3) is 0 Å². The predicted molar refractivity (Wildman–Crippen MR) is 79.2 cm³/mol. The fraction of sp³-hybridized carbons (Fsp3) is 0.625. The van der Waals surface area contributed by atoms with Crippen molar-refractivity contribution in [1.29, 1.82) is 0 Å². The van der Waals surface area contributed by atoms with Crippen molar-refractivity contribution in [2.24, 2.45) is 5.92 Å². The quantitative estimate of drug-likeness (QED) is 0.768. The van der Waals surface area contributed by atoms with E-state index < -0.39 is 0 Å². The molecule has 0 bridgehead atoms. The lowest BCUT2D eigenvalue weighted by Gasteiger charge is -2.27. The lowest BCUT2D eigenvalue weighted by molar-refractivity contribution is 0.341. The summed E-state index contributed by atoms with van der Waals surface area (Å²) in [5, 5.41) is 4.44. The largest absolute Gasteiger partial charge is 0.313 e. The molecule has 1 saturated carbocycles. The Morgan fingerprint density at radius 1 is 1.17 bits per heavy atom. The molecule has 1 aromatic rings. The van der Waals surface area contributed by atoms with Crippen molar-refractivity contribution in [3.8, 4) is 0 Å². The normalized spacial score (nSPS) is 19.5. The van der Waals surface area contributed by atoms with E-state index in [0.717, 1.165) is 10.9 Å². The van der Waals surface area contributed by atoms with Gasteiger partial charge < -0.3 is 5.32 Å². The molecule has 1 aliphatic carbocycles. The van der Waals surface area contributed by atoms with Crippen LogP contribution in [0.3, 0.4) is 0 Å². The highest BCUT2D eigenvalue weighted by molar-refractivity contribution is 6.32. The maximum atomic E-state index is 6.49. The van der Waals surface area contributed by atoms with Crippen LogP contribution in [0.5, 0.6) is 0 Å². The molecule has 0 heterocycles. The molecule has 0 spiro atoms. The van der Waals surface area contributed by atoms with Gasteiger partial charge in [0.1, 0.15) is 0 Å². The highest BCUT2D eigenvalue weighted by atomic mass is 35.5. The fourth-order valence-corrected chi connectivity index (χ4v) is 3.44. The summed E-state index contributed by atoms with van der Waals surface area (Å²) in [4.78, 5) is 0. The molecule has 1 N–H and O–H groups in total. The van der Waals surface area contributed by atoms with E-state index in [9.17, 15) is 0 Å². The topological polar surface area (TPSA) is 12.0 Å². The van der Waals surface area contributed by atoms with E-state index in [2.05, 4.69) is 37.5 Å². The summed E-state index contributed by atoms with van der Waals surface area (Å²) in [6, 6.07) is 6.81. The van der Waals surface area contributed by atoms with E-state index in [1.165, 1.54) is 49.7 Å².